The van der Waals surface area contributed by atoms with Gasteiger partial charge < -0.3 is 9.30 Å². The molecule has 0 fully saturated rings. The summed E-state index contributed by atoms with van der Waals surface area (Å²) < 4.78 is 23.3. The van der Waals surface area contributed by atoms with Crippen molar-refractivity contribution in [2.24, 2.45) is 0 Å². The van der Waals surface area contributed by atoms with Gasteiger partial charge in [0.2, 0.25) is 0 Å². The molecule has 0 aromatic carbocycles. The van der Waals surface area contributed by atoms with Crippen LogP contribution in [0.15, 0.2) is 23.4 Å². The number of halogens is 3. The second kappa shape index (κ2) is 9.67. The number of unbranched alkanes of at least 4 members (excludes halogenated alkanes) is 3. The molecule has 0 bridgehead atoms. The number of aromatic nitrogens is 2. The van der Waals surface area contributed by atoms with Crippen LogP contribution in [0, 0.1) is 12.7 Å². The van der Waals surface area contributed by atoms with E-state index in [1.807, 2.05) is 0 Å². The van der Waals surface area contributed by atoms with Crippen LogP contribution in [0.5, 0.6) is 0 Å². The standard InChI is InChI=1S/C18H17Br2FN2O4S2/c1-9-8-23(18(26)22-16(9)24)6-4-2-3-5-7-27-17(25)13-11(21)10-12(28-13)15(20)29-14(10)19/h8H,2-7H2,1H3,(H,22,24,26). The van der Waals surface area contributed by atoms with E-state index in [-0.39, 0.29) is 17.0 Å². The molecule has 156 valence electrons. The summed E-state index contributed by atoms with van der Waals surface area (Å²) >= 11 is 9.13. The fourth-order valence-electron chi connectivity index (χ4n) is 2.79. The van der Waals surface area contributed by atoms with Crippen molar-refractivity contribution in [3.05, 3.63) is 50.9 Å². The summed E-state index contributed by atoms with van der Waals surface area (Å²) in [5, 5.41) is 0.409. The molecule has 6 nitrogen and oxygen atoms in total. The highest BCUT2D eigenvalue weighted by molar-refractivity contribution is 9.12. The van der Waals surface area contributed by atoms with Gasteiger partial charge in [-0.25, -0.2) is 14.0 Å². The number of carbonyl (C=O) groups excluding carboxylic acids is 1. The van der Waals surface area contributed by atoms with Gasteiger partial charge in [-0.3, -0.25) is 9.78 Å². The van der Waals surface area contributed by atoms with E-state index < -0.39 is 17.5 Å². The Balaban J connectivity index is 1.42. The zero-order chi connectivity index (χ0) is 21.1. The maximum Gasteiger partial charge on any atom is 0.351 e. The summed E-state index contributed by atoms with van der Waals surface area (Å²) in [5.74, 6) is -1.20. The topological polar surface area (TPSA) is 81.2 Å². The third-order valence-corrected chi connectivity index (χ3v) is 8.39. The number of H-pyrrole nitrogens is 1. The molecule has 0 saturated heterocycles. The SMILES string of the molecule is Cc1cn(CCCCCCOC(=O)c2sc3c(Br)sc(Br)c3c2F)c(=O)[nH]c1=O. The van der Waals surface area contributed by atoms with Gasteiger partial charge in [0.25, 0.3) is 5.56 Å². The van der Waals surface area contributed by atoms with Gasteiger partial charge >= 0.3 is 11.7 Å². The van der Waals surface area contributed by atoms with E-state index in [1.165, 1.54) is 15.9 Å². The van der Waals surface area contributed by atoms with Gasteiger partial charge in [-0.15, -0.1) is 22.7 Å². The Hall–Kier alpha value is -1.30. The van der Waals surface area contributed by atoms with Gasteiger partial charge in [-0.05, 0) is 58.0 Å². The van der Waals surface area contributed by atoms with E-state index in [9.17, 15) is 18.8 Å². The predicted molar refractivity (Wildman–Crippen MR) is 120 cm³/mol. The molecular formula is C18H17Br2FN2O4S2. The Kier molecular flexibility index (Phi) is 7.47. The third kappa shape index (κ3) is 5.07. The Bertz CT molecular complexity index is 1170. The van der Waals surface area contributed by atoms with Gasteiger partial charge in [0.1, 0.15) is 4.88 Å². The first-order valence-corrected chi connectivity index (χ1v) is 12.0. The lowest BCUT2D eigenvalue weighted by Gasteiger charge is -2.06. The fraction of sp³-hybridized carbons (Fsp3) is 0.389. The molecule has 0 unspecified atom stereocenters. The molecule has 29 heavy (non-hydrogen) atoms. The first-order valence-electron chi connectivity index (χ1n) is 8.83. The molecule has 3 aromatic rings. The molecule has 3 aromatic heterocycles. The van der Waals surface area contributed by atoms with Crippen LogP contribution in [0.3, 0.4) is 0 Å². The average molecular weight is 568 g/mol. The summed E-state index contributed by atoms with van der Waals surface area (Å²) in [7, 11) is 0. The van der Waals surface area contributed by atoms with Crippen LogP contribution in [0.25, 0.3) is 10.1 Å². The zero-order valence-corrected chi connectivity index (χ0v) is 20.2. The van der Waals surface area contributed by atoms with Crippen LogP contribution in [0.4, 0.5) is 4.39 Å². The summed E-state index contributed by atoms with van der Waals surface area (Å²) in [6.07, 6.45) is 4.62. The van der Waals surface area contributed by atoms with E-state index in [0.29, 0.717) is 32.4 Å². The van der Waals surface area contributed by atoms with Gasteiger partial charge in [0, 0.05) is 18.3 Å². The van der Waals surface area contributed by atoms with Crippen LogP contribution in [-0.2, 0) is 11.3 Å². The largest absolute Gasteiger partial charge is 0.461 e. The summed E-state index contributed by atoms with van der Waals surface area (Å²) in [6, 6.07) is 0. The first kappa shape index (κ1) is 22.4. The number of rotatable bonds is 8. The highest BCUT2D eigenvalue weighted by Crippen LogP contribution is 2.45. The number of ether oxygens (including phenoxy) is 1. The zero-order valence-electron chi connectivity index (χ0n) is 15.4. The number of thiophene rings is 2. The lowest BCUT2D eigenvalue weighted by molar-refractivity contribution is 0.0499. The Morgan fingerprint density at radius 2 is 1.90 bits per heavy atom. The molecule has 3 heterocycles. The number of esters is 1. The van der Waals surface area contributed by atoms with Crippen molar-refractivity contribution in [1.82, 2.24) is 9.55 Å². The molecule has 3 rings (SSSR count). The van der Waals surface area contributed by atoms with Crippen LogP contribution >= 0.6 is 54.5 Å². The Morgan fingerprint density at radius 1 is 1.17 bits per heavy atom. The highest BCUT2D eigenvalue weighted by Gasteiger charge is 2.24. The molecule has 0 aliphatic heterocycles. The number of fused-ring (bicyclic) bond motifs is 1. The number of aryl methyl sites for hydroxylation is 2. The van der Waals surface area contributed by atoms with Gasteiger partial charge in [0.15, 0.2) is 5.82 Å². The summed E-state index contributed by atoms with van der Waals surface area (Å²) in [5.41, 5.74) is -0.281. The number of aromatic amines is 1. The van der Waals surface area contributed by atoms with Crippen LogP contribution in [0.2, 0.25) is 0 Å². The molecule has 0 aliphatic carbocycles. The minimum absolute atomic E-state index is 0.0167. The smallest absolute Gasteiger partial charge is 0.351 e. The number of hydrogen-bond donors (Lipinski definition) is 1. The van der Waals surface area contributed by atoms with Crippen molar-refractivity contribution in [1.29, 1.82) is 0 Å². The number of nitrogens with one attached hydrogen (secondary N) is 1. The number of hydrogen-bond acceptors (Lipinski definition) is 6. The van der Waals surface area contributed by atoms with E-state index in [4.69, 9.17) is 4.74 Å². The molecule has 0 saturated carbocycles. The second-order valence-corrected chi connectivity index (χ2v) is 11.1. The first-order chi connectivity index (χ1) is 13.8. The average Bonchev–Trinajstić information content (AvgIpc) is 3.15. The number of nitrogens with zero attached hydrogens (tertiary/aromatic N) is 1. The fourth-order valence-corrected chi connectivity index (χ4v) is 7.23. The summed E-state index contributed by atoms with van der Waals surface area (Å²) in [4.78, 5) is 37.5. The minimum atomic E-state index is -0.650. The molecule has 0 radical (unpaired) electrons. The van der Waals surface area contributed by atoms with Crippen molar-refractivity contribution >= 4 is 70.6 Å². The van der Waals surface area contributed by atoms with Crippen LogP contribution in [-0.4, -0.2) is 22.1 Å². The monoisotopic (exact) mass is 566 g/mol. The van der Waals surface area contributed by atoms with Gasteiger partial charge in [-0.2, -0.15) is 0 Å². The van der Waals surface area contributed by atoms with Crippen molar-refractivity contribution in [3.63, 3.8) is 0 Å². The van der Waals surface area contributed by atoms with Gasteiger partial charge in [0.05, 0.1) is 24.3 Å². The van der Waals surface area contributed by atoms with Gasteiger partial charge in [-0.1, -0.05) is 6.42 Å². The number of carbonyl (C=O) groups is 1. The second-order valence-electron chi connectivity index (χ2n) is 6.41. The maximum absolute atomic E-state index is 14.5. The molecule has 0 atom stereocenters. The van der Waals surface area contributed by atoms with Crippen molar-refractivity contribution in [2.45, 2.75) is 39.2 Å². The normalized spacial score (nSPS) is 11.3. The quantitative estimate of drug-likeness (QED) is 0.299. The molecule has 11 heteroatoms. The minimum Gasteiger partial charge on any atom is -0.461 e. The Morgan fingerprint density at radius 3 is 2.62 bits per heavy atom. The lowest BCUT2D eigenvalue weighted by Crippen LogP contribution is -2.30. The van der Waals surface area contributed by atoms with Crippen molar-refractivity contribution in [3.8, 4) is 0 Å². The van der Waals surface area contributed by atoms with Crippen LogP contribution < -0.4 is 11.2 Å². The molecule has 0 spiro atoms. The molecule has 0 amide bonds. The molecule has 1 N–H and O–H groups in total. The molecule has 0 aliphatic rings. The maximum atomic E-state index is 14.5. The van der Waals surface area contributed by atoms with E-state index in [2.05, 4.69) is 36.8 Å². The molecular weight excluding hydrogens is 551 g/mol. The van der Waals surface area contributed by atoms with E-state index in [1.54, 1.807) is 13.1 Å². The predicted octanol–water partition coefficient (Wildman–Crippen LogP) is 5.20. The lowest BCUT2D eigenvalue weighted by atomic mass is 10.2. The third-order valence-electron chi connectivity index (χ3n) is 4.31. The van der Waals surface area contributed by atoms with Crippen molar-refractivity contribution < 1.29 is 13.9 Å². The summed E-state index contributed by atoms with van der Waals surface area (Å²) in [6.45, 7) is 2.38. The Labute approximate surface area is 190 Å². The highest BCUT2D eigenvalue weighted by atomic mass is 79.9. The van der Waals surface area contributed by atoms with Crippen molar-refractivity contribution in [2.75, 3.05) is 6.61 Å². The van der Waals surface area contributed by atoms with Crippen LogP contribution in [0.1, 0.15) is 40.9 Å². The van der Waals surface area contributed by atoms with E-state index >= 15 is 0 Å². The van der Waals surface area contributed by atoms with E-state index in [0.717, 1.165) is 34.4 Å².